The molecule has 1 aliphatic rings. The molecule has 0 bridgehead atoms. The molecule has 2 N–H and O–H groups in total. The molecular formula is C10H13N3O3. The second-order valence-electron chi connectivity index (χ2n) is 3.88. The van der Waals surface area contributed by atoms with Crippen molar-refractivity contribution in [2.24, 2.45) is 0 Å². The molecule has 1 saturated heterocycles. The van der Waals surface area contributed by atoms with Gasteiger partial charge in [0.15, 0.2) is 0 Å². The molecule has 0 atom stereocenters. The second-order valence-corrected chi connectivity index (χ2v) is 3.88. The fourth-order valence-electron chi connectivity index (χ4n) is 1.86. The summed E-state index contributed by atoms with van der Waals surface area (Å²) in [6.07, 6.45) is 2.13. The molecule has 1 aromatic heterocycles. The molecule has 6 heteroatoms. The highest BCUT2D eigenvalue weighted by molar-refractivity contribution is 5.78. The Hall–Kier alpha value is -1.85. The third kappa shape index (κ3) is 2.39. The number of nitrogens with one attached hydrogen (secondary N) is 2. The summed E-state index contributed by atoms with van der Waals surface area (Å²) in [6.45, 7) is 1.54. The predicted octanol–water partition coefficient (Wildman–Crippen LogP) is -0.772. The Morgan fingerprint density at radius 1 is 1.25 bits per heavy atom. The van der Waals surface area contributed by atoms with Crippen molar-refractivity contribution in [1.82, 2.24) is 14.9 Å². The highest BCUT2D eigenvalue weighted by atomic mass is 16.2. The number of H-pyrrole nitrogens is 2. The number of hydrogen-bond donors (Lipinski definition) is 2. The van der Waals surface area contributed by atoms with Crippen LogP contribution in [0.1, 0.15) is 18.5 Å². The van der Waals surface area contributed by atoms with E-state index in [-0.39, 0.29) is 12.3 Å². The van der Waals surface area contributed by atoms with Gasteiger partial charge in [0.2, 0.25) is 5.91 Å². The molecule has 1 amide bonds. The van der Waals surface area contributed by atoms with E-state index in [1.165, 1.54) is 6.07 Å². The van der Waals surface area contributed by atoms with Gasteiger partial charge in [0.1, 0.15) is 0 Å². The van der Waals surface area contributed by atoms with E-state index in [9.17, 15) is 14.4 Å². The van der Waals surface area contributed by atoms with Crippen LogP contribution in [0, 0.1) is 0 Å². The molecule has 0 radical (unpaired) electrons. The average molecular weight is 223 g/mol. The Balaban J connectivity index is 2.11. The van der Waals surface area contributed by atoms with E-state index < -0.39 is 11.2 Å². The summed E-state index contributed by atoms with van der Waals surface area (Å²) in [6, 6.07) is 1.25. The maximum Gasteiger partial charge on any atom is 0.325 e. The van der Waals surface area contributed by atoms with Crippen molar-refractivity contribution in [2.45, 2.75) is 19.3 Å². The number of aromatic amines is 2. The van der Waals surface area contributed by atoms with E-state index >= 15 is 0 Å². The summed E-state index contributed by atoms with van der Waals surface area (Å²) in [7, 11) is 0. The number of rotatable bonds is 2. The van der Waals surface area contributed by atoms with Crippen LogP contribution in [0.5, 0.6) is 0 Å². The second kappa shape index (κ2) is 4.34. The van der Waals surface area contributed by atoms with E-state index in [1.807, 2.05) is 0 Å². The molecule has 1 aliphatic heterocycles. The largest absolute Gasteiger partial charge is 0.342 e. The number of likely N-dealkylation sites (tertiary alicyclic amines) is 1. The molecule has 2 heterocycles. The van der Waals surface area contributed by atoms with Crippen LogP contribution < -0.4 is 11.2 Å². The van der Waals surface area contributed by atoms with Gasteiger partial charge in [0, 0.05) is 24.8 Å². The Labute approximate surface area is 91.3 Å². The van der Waals surface area contributed by atoms with Crippen molar-refractivity contribution in [2.75, 3.05) is 13.1 Å². The van der Waals surface area contributed by atoms with Crippen molar-refractivity contribution in [1.29, 1.82) is 0 Å². The lowest BCUT2D eigenvalue weighted by atomic mass is 10.2. The summed E-state index contributed by atoms with van der Waals surface area (Å²) in [4.78, 5) is 40.0. The fourth-order valence-corrected chi connectivity index (χ4v) is 1.86. The molecule has 2 rings (SSSR count). The minimum absolute atomic E-state index is 0.0428. The minimum Gasteiger partial charge on any atom is -0.342 e. The summed E-state index contributed by atoms with van der Waals surface area (Å²) >= 11 is 0. The van der Waals surface area contributed by atoms with Crippen molar-refractivity contribution < 1.29 is 4.79 Å². The monoisotopic (exact) mass is 223 g/mol. The number of hydrogen-bond acceptors (Lipinski definition) is 3. The van der Waals surface area contributed by atoms with Crippen molar-refractivity contribution in [3.8, 4) is 0 Å². The highest BCUT2D eigenvalue weighted by Crippen LogP contribution is 2.08. The zero-order chi connectivity index (χ0) is 11.5. The molecule has 0 aliphatic carbocycles. The average Bonchev–Trinajstić information content (AvgIpc) is 2.68. The SMILES string of the molecule is O=C(Cc1cc(=O)[nH]c(=O)[nH]1)N1CCCC1. The standard InChI is InChI=1S/C10H13N3O3/c14-8-5-7(11-10(16)12-8)6-9(15)13-3-1-2-4-13/h5H,1-4,6H2,(H2,11,12,14,16). The van der Waals surface area contributed by atoms with Gasteiger partial charge < -0.3 is 9.88 Å². The van der Waals surface area contributed by atoms with Crippen molar-refractivity contribution >= 4 is 5.91 Å². The third-order valence-electron chi connectivity index (χ3n) is 2.62. The maximum atomic E-state index is 11.7. The van der Waals surface area contributed by atoms with Crippen LogP contribution in [0.15, 0.2) is 15.7 Å². The molecule has 0 spiro atoms. The minimum atomic E-state index is -0.572. The van der Waals surface area contributed by atoms with Crippen LogP contribution >= 0.6 is 0 Å². The lowest BCUT2D eigenvalue weighted by Crippen LogP contribution is -2.31. The quantitative estimate of drug-likeness (QED) is 0.690. The van der Waals surface area contributed by atoms with Gasteiger partial charge in [-0.15, -0.1) is 0 Å². The topological polar surface area (TPSA) is 86.0 Å². The first-order valence-electron chi connectivity index (χ1n) is 5.25. The van der Waals surface area contributed by atoms with Gasteiger partial charge in [-0.2, -0.15) is 0 Å². The van der Waals surface area contributed by atoms with Crippen LogP contribution in [0.4, 0.5) is 0 Å². The van der Waals surface area contributed by atoms with Crippen molar-refractivity contribution in [3.05, 3.63) is 32.6 Å². The molecule has 16 heavy (non-hydrogen) atoms. The summed E-state index contributed by atoms with van der Waals surface area (Å²) in [5, 5.41) is 0. The Kier molecular flexibility index (Phi) is 2.89. The van der Waals surface area contributed by atoms with E-state index in [1.54, 1.807) is 4.90 Å². The maximum absolute atomic E-state index is 11.7. The van der Waals surface area contributed by atoms with Crippen molar-refractivity contribution in [3.63, 3.8) is 0 Å². The zero-order valence-electron chi connectivity index (χ0n) is 8.78. The number of nitrogens with zero attached hydrogens (tertiary/aromatic N) is 1. The molecule has 0 saturated carbocycles. The fraction of sp³-hybridized carbons (Fsp3) is 0.500. The van der Waals surface area contributed by atoms with E-state index in [0.717, 1.165) is 25.9 Å². The molecule has 1 fully saturated rings. The van der Waals surface area contributed by atoms with Crippen LogP contribution in [0.2, 0.25) is 0 Å². The molecule has 0 unspecified atom stereocenters. The lowest BCUT2D eigenvalue weighted by molar-refractivity contribution is -0.129. The first-order valence-corrected chi connectivity index (χ1v) is 5.25. The smallest absolute Gasteiger partial charge is 0.325 e. The van der Waals surface area contributed by atoms with Gasteiger partial charge in [-0.25, -0.2) is 4.79 Å². The summed E-state index contributed by atoms with van der Waals surface area (Å²) in [5.41, 5.74) is -0.685. The number of aromatic nitrogens is 2. The van der Waals surface area contributed by atoms with Crippen LogP contribution in [0.3, 0.4) is 0 Å². The third-order valence-corrected chi connectivity index (χ3v) is 2.62. The van der Waals surface area contributed by atoms with Gasteiger partial charge >= 0.3 is 5.69 Å². The lowest BCUT2D eigenvalue weighted by Gasteiger charge is -2.14. The molecular weight excluding hydrogens is 210 g/mol. The van der Waals surface area contributed by atoms with Gasteiger partial charge in [-0.05, 0) is 12.8 Å². The summed E-state index contributed by atoms with van der Waals surface area (Å²) in [5.74, 6) is -0.0428. The van der Waals surface area contributed by atoms with Crippen LogP contribution in [0.25, 0.3) is 0 Å². The van der Waals surface area contributed by atoms with E-state index in [4.69, 9.17) is 0 Å². The molecule has 6 nitrogen and oxygen atoms in total. The number of carbonyl (C=O) groups is 1. The normalized spacial score (nSPS) is 15.4. The highest BCUT2D eigenvalue weighted by Gasteiger charge is 2.18. The van der Waals surface area contributed by atoms with Gasteiger partial charge in [-0.3, -0.25) is 14.6 Å². The Bertz CT molecular complexity index is 468. The Morgan fingerprint density at radius 3 is 2.56 bits per heavy atom. The van der Waals surface area contributed by atoms with Crippen LogP contribution in [-0.2, 0) is 11.2 Å². The van der Waals surface area contributed by atoms with Crippen LogP contribution in [-0.4, -0.2) is 33.9 Å². The molecule has 1 aromatic rings. The van der Waals surface area contributed by atoms with E-state index in [0.29, 0.717) is 5.69 Å². The first kappa shape index (κ1) is 10.7. The van der Waals surface area contributed by atoms with Gasteiger partial charge in [-0.1, -0.05) is 0 Å². The predicted molar refractivity (Wildman–Crippen MR) is 57.2 cm³/mol. The first-order chi connectivity index (χ1) is 7.65. The zero-order valence-corrected chi connectivity index (χ0v) is 8.78. The van der Waals surface area contributed by atoms with E-state index in [2.05, 4.69) is 9.97 Å². The van der Waals surface area contributed by atoms with Gasteiger partial charge in [0.25, 0.3) is 5.56 Å². The molecule has 0 aromatic carbocycles. The van der Waals surface area contributed by atoms with Gasteiger partial charge in [0.05, 0.1) is 6.42 Å². The number of amides is 1. The summed E-state index contributed by atoms with van der Waals surface area (Å²) < 4.78 is 0. The molecule has 86 valence electrons. The Morgan fingerprint density at radius 2 is 1.94 bits per heavy atom. The number of carbonyl (C=O) groups excluding carboxylic acids is 1.